The maximum atomic E-state index is 13.4. The topological polar surface area (TPSA) is 87.3 Å². The second-order valence-electron chi connectivity index (χ2n) is 7.49. The van der Waals surface area contributed by atoms with Crippen LogP contribution in [0.3, 0.4) is 0 Å². The number of fused-ring (bicyclic) bond motifs is 1. The van der Waals surface area contributed by atoms with Gasteiger partial charge in [0, 0.05) is 17.7 Å². The standard InChI is InChI=1S/C19H20F2N4O3/c1-19(2)15-11(9-25(19)18(27)14-4-3-7-28-14)16(24-23-15)22-17(26)10-5-6-12(20)13(21)8-10/h5-6,8,14H,3-4,7,9H2,1-2H3,(H2,22,23,24,26)/t14-/m1/s1. The molecule has 2 N–H and O–H groups in total. The van der Waals surface area contributed by atoms with E-state index in [1.165, 1.54) is 6.07 Å². The molecule has 2 aliphatic heterocycles. The Morgan fingerprint density at radius 2 is 2.11 bits per heavy atom. The third kappa shape index (κ3) is 2.95. The summed E-state index contributed by atoms with van der Waals surface area (Å²) in [5, 5.41) is 9.64. The highest BCUT2D eigenvalue weighted by molar-refractivity contribution is 6.04. The van der Waals surface area contributed by atoms with Crippen molar-refractivity contribution in [1.29, 1.82) is 0 Å². The molecule has 0 aliphatic carbocycles. The maximum Gasteiger partial charge on any atom is 0.256 e. The fourth-order valence-electron chi connectivity index (χ4n) is 3.74. The van der Waals surface area contributed by atoms with Crippen molar-refractivity contribution in [2.75, 3.05) is 11.9 Å². The van der Waals surface area contributed by atoms with E-state index in [0.717, 1.165) is 24.2 Å². The second-order valence-corrected chi connectivity index (χ2v) is 7.49. The maximum absolute atomic E-state index is 13.4. The van der Waals surface area contributed by atoms with Gasteiger partial charge < -0.3 is 15.0 Å². The van der Waals surface area contributed by atoms with Gasteiger partial charge in [-0.1, -0.05) is 0 Å². The van der Waals surface area contributed by atoms with E-state index >= 15 is 0 Å². The number of carbonyl (C=O) groups is 2. The third-order valence-corrected chi connectivity index (χ3v) is 5.35. The van der Waals surface area contributed by atoms with Crippen LogP contribution in [0.15, 0.2) is 18.2 Å². The van der Waals surface area contributed by atoms with E-state index in [9.17, 15) is 18.4 Å². The smallest absolute Gasteiger partial charge is 0.256 e. The van der Waals surface area contributed by atoms with Crippen LogP contribution in [-0.4, -0.2) is 39.6 Å². The lowest BCUT2D eigenvalue weighted by atomic mass is 10.00. The fourth-order valence-corrected chi connectivity index (χ4v) is 3.74. The van der Waals surface area contributed by atoms with E-state index in [-0.39, 0.29) is 23.8 Å². The lowest BCUT2D eigenvalue weighted by Gasteiger charge is -2.33. The van der Waals surface area contributed by atoms with Gasteiger partial charge in [-0.05, 0) is 44.9 Å². The Morgan fingerprint density at radius 3 is 2.79 bits per heavy atom. The molecule has 1 fully saturated rings. The highest BCUT2D eigenvalue weighted by Crippen LogP contribution is 2.41. The van der Waals surface area contributed by atoms with Crippen molar-refractivity contribution in [3.8, 4) is 0 Å². The van der Waals surface area contributed by atoms with Crippen LogP contribution in [-0.2, 0) is 21.6 Å². The SMILES string of the molecule is CC1(C)c2[nH]nc(NC(=O)c3ccc(F)c(F)c3)c2CN1C(=O)[C@H]1CCCO1. The van der Waals surface area contributed by atoms with E-state index in [1.54, 1.807) is 4.90 Å². The molecule has 0 spiro atoms. The predicted octanol–water partition coefficient (Wildman–Crippen LogP) is 2.70. The van der Waals surface area contributed by atoms with Gasteiger partial charge in [0.2, 0.25) is 0 Å². The molecule has 0 radical (unpaired) electrons. The zero-order chi connectivity index (χ0) is 20.1. The summed E-state index contributed by atoms with van der Waals surface area (Å²) < 4.78 is 32.0. The quantitative estimate of drug-likeness (QED) is 0.844. The summed E-state index contributed by atoms with van der Waals surface area (Å²) in [6, 6.07) is 2.91. The van der Waals surface area contributed by atoms with Crippen molar-refractivity contribution in [3.63, 3.8) is 0 Å². The predicted molar refractivity (Wildman–Crippen MR) is 95.4 cm³/mol. The van der Waals surface area contributed by atoms with Crippen molar-refractivity contribution in [2.24, 2.45) is 0 Å². The summed E-state index contributed by atoms with van der Waals surface area (Å²) >= 11 is 0. The van der Waals surface area contributed by atoms with E-state index in [0.29, 0.717) is 18.6 Å². The van der Waals surface area contributed by atoms with Crippen LogP contribution in [0.1, 0.15) is 48.3 Å². The van der Waals surface area contributed by atoms with Gasteiger partial charge in [0.15, 0.2) is 17.5 Å². The minimum atomic E-state index is -1.10. The molecule has 1 aromatic carbocycles. The first-order chi connectivity index (χ1) is 13.3. The zero-order valence-electron chi connectivity index (χ0n) is 15.5. The summed E-state index contributed by atoms with van der Waals surface area (Å²) in [6.45, 7) is 4.63. The molecule has 4 rings (SSSR count). The van der Waals surface area contributed by atoms with Gasteiger partial charge in [0.25, 0.3) is 11.8 Å². The zero-order valence-corrected chi connectivity index (χ0v) is 15.5. The number of carbonyl (C=O) groups excluding carboxylic acids is 2. The summed E-state index contributed by atoms with van der Waals surface area (Å²) in [7, 11) is 0. The summed E-state index contributed by atoms with van der Waals surface area (Å²) in [5.41, 5.74) is 0.739. The van der Waals surface area contributed by atoms with Crippen LogP contribution in [0, 0.1) is 11.6 Å². The minimum absolute atomic E-state index is 0.0276. The third-order valence-electron chi connectivity index (χ3n) is 5.35. The molecule has 3 heterocycles. The average Bonchev–Trinajstić information content (AvgIpc) is 3.36. The molecule has 148 valence electrons. The number of amides is 2. The number of H-pyrrole nitrogens is 1. The van der Waals surface area contributed by atoms with Crippen molar-refractivity contribution >= 4 is 17.6 Å². The highest BCUT2D eigenvalue weighted by Gasteiger charge is 2.46. The molecule has 1 atom stereocenters. The second kappa shape index (κ2) is 6.66. The number of aromatic nitrogens is 2. The molecule has 2 aromatic rings. The molecule has 28 heavy (non-hydrogen) atoms. The fraction of sp³-hybridized carbons (Fsp3) is 0.421. The van der Waals surface area contributed by atoms with Gasteiger partial charge in [-0.3, -0.25) is 14.7 Å². The number of ether oxygens (including phenoxy) is 1. The largest absolute Gasteiger partial charge is 0.368 e. The summed E-state index contributed by atoms with van der Waals surface area (Å²) in [6.07, 6.45) is 1.10. The number of nitrogens with zero attached hydrogens (tertiary/aromatic N) is 2. The molecular formula is C19H20F2N4O3. The Labute approximate surface area is 160 Å². The molecule has 0 bridgehead atoms. The Morgan fingerprint density at radius 1 is 1.32 bits per heavy atom. The van der Waals surface area contributed by atoms with Gasteiger partial charge >= 0.3 is 0 Å². The van der Waals surface area contributed by atoms with Crippen molar-refractivity contribution in [2.45, 2.75) is 44.9 Å². The Kier molecular flexibility index (Phi) is 4.41. The molecule has 7 nitrogen and oxygen atoms in total. The molecule has 0 unspecified atom stereocenters. The van der Waals surface area contributed by atoms with Crippen LogP contribution in [0.5, 0.6) is 0 Å². The van der Waals surface area contributed by atoms with Crippen LogP contribution in [0.4, 0.5) is 14.6 Å². The molecular weight excluding hydrogens is 370 g/mol. The molecule has 1 aromatic heterocycles. The van der Waals surface area contributed by atoms with Crippen LogP contribution < -0.4 is 5.32 Å². The number of hydrogen-bond donors (Lipinski definition) is 2. The van der Waals surface area contributed by atoms with Crippen LogP contribution in [0.25, 0.3) is 0 Å². The Hall–Kier alpha value is -2.81. The summed E-state index contributed by atoms with van der Waals surface area (Å²) in [4.78, 5) is 27.0. The number of hydrogen-bond acceptors (Lipinski definition) is 4. The molecule has 0 saturated carbocycles. The number of nitrogens with one attached hydrogen (secondary N) is 2. The summed E-state index contributed by atoms with van der Waals surface area (Å²) in [5.74, 6) is -2.57. The monoisotopic (exact) mass is 390 g/mol. The van der Waals surface area contributed by atoms with Gasteiger partial charge in [0.1, 0.15) is 6.10 Å². The van der Waals surface area contributed by atoms with Crippen LogP contribution in [0.2, 0.25) is 0 Å². The molecule has 2 aliphatic rings. The number of anilines is 1. The van der Waals surface area contributed by atoms with Gasteiger partial charge in [-0.25, -0.2) is 8.78 Å². The lowest BCUT2D eigenvalue weighted by molar-refractivity contribution is -0.146. The molecule has 2 amide bonds. The first-order valence-electron chi connectivity index (χ1n) is 9.06. The van der Waals surface area contributed by atoms with E-state index in [4.69, 9.17) is 4.74 Å². The van der Waals surface area contributed by atoms with Crippen molar-refractivity contribution in [3.05, 3.63) is 46.7 Å². The van der Waals surface area contributed by atoms with Gasteiger partial charge in [-0.15, -0.1) is 0 Å². The van der Waals surface area contributed by atoms with Crippen molar-refractivity contribution in [1.82, 2.24) is 15.1 Å². The average molecular weight is 390 g/mol. The van der Waals surface area contributed by atoms with Gasteiger partial charge in [0.05, 0.1) is 17.8 Å². The van der Waals surface area contributed by atoms with E-state index in [2.05, 4.69) is 15.5 Å². The van der Waals surface area contributed by atoms with Crippen molar-refractivity contribution < 1.29 is 23.1 Å². The number of rotatable bonds is 3. The highest BCUT2D eigenvalue weighted by atomic mass is 19.2. The lowest BCUT2D eigenvalue weighted by Crippen LogP contribution is -2.45. The first-order valence-corrected chi connectivity index (χ1v) is 9.06. The number of aromatic amines is 1. The minimum Gasteiger partial charge on any atom is -0.368 e. The molecule has 1 saturated heterocycles. The Bertz CT molecular complexity index is 951. The van der Waals surface area contributed by atoms with E-state index < -0.39 is 29.2 Å². The first kappa shape index (κ1) is 18.5. The number of halogens is 2. The van der Waals surface area contributed by atoms with E-state index in [1.807, 2.05) is 13.8 Å². The van der Waals surface area contributed by atoms with Gasteiger partial charge in [-0.2, -0.15) is 5.10 Å². The van der Waals surface area contributed by atoms with Crippen LogP contribution >= 0.6 is 0 Å². The molecule has 9 heteroatoms. The Balaban J connectivity index is 1.56. The normalized spacial score (nSPS) is 20.3. The number of benzene rings is 1.